The molecule has 0 spiro atoms. The fourth-order valence-electron chi connectivity index (χ4n) is 4.03. The average Bonchev–Trinajstić information content (AvgIpc) is 3.22. The zero-order valence-electron chi connectivity index (χ0n) is 17.4. The number of fused-ring (bicyclic) bond motifs is 1. The standard InChI is InChI=1S/C24H23N3O2S/c1-15-12-18(14-26-24-22(13-25)21-6-4-5-7-23(21)30-24)16(2)27(15)19-8-10-20(11-9-19)29-17(3)28/h8-12,14H,4-7H2,1-3H3. The van der Waals surface area contributed by atoms with E-state index >= 15 is 0 Å². The number of benzene rings is 1. The summed E-state index contributed by atoms with van der Waals surface area (Å²) in [4.78, 5) is 17.1. The number of carbonyl (C=O) groups is 1. The van der Waals surface area contributed by atoms with Gasteiger partial charge in [-0.1, -0.05) is 0 Å². The maximum absolute atomic E-state index is 11.1. The molecule has 0 bridgehead atoms. The van der Waals surface area contributed by atoms with Crippen molar-refractivity contribution in [3.8, 4) is 17.5 Å². The molecule has 0 aliphatic heterocycles. The van der Waals surface area contributed by atoms with Gasteiger partial charge in [0.1, 0.15) is 16.8 Å². The summed E-state index contributed by atoms with van der Waals surface area (Å²) in [6, 6.07) is 11.9. The van der Waals surface area contributed by atoms with E-state index in [1.54, 1.807) is 23.5 Å². The van der Waals surface area contributed by atoms with Crippen LogP contribution in [0.5, 0.6) is 5.75 Å². The molecule has 1 aliphatic rings. The molecule has 152 valence electrons. The quantitative estimate of drug-likeness (QED) is 0.316. The Labute approximate surface area is 180 Å². The van der Waals surface area contributed by atoms with Crippen LogP contribution in [0.15, 0.2) is 35.3 Å². The summed E-state index contributed by atoms with van der Waals surface area (Å²) in [5.41, 5.74) is 6.12. The van der Waals surface area contributed by atoms with E-state index in [4.69, 9.17) is 9.73 Å². The first-order valence-corrected chi connectivity index (χ1v) is 10.9. The van der Waals surface area contributed by atoms with Crippen LogP contribution < -0.4 is 4.74 Å². The lowest BCUT2D eigenvalue weighted by atomic mass is 9.96. The normalized spacial score (nSPS) is 13.3. The van der Waals surface area contributed by atoms with Gasteiger partial charge in [0.2, 0.25) is 0 Å². The molecular weight excluding hydrogens is 394 g/mol. The maximum Gasteiger partial charge on any atom is 0.308 e. The largest absolute Gasteiger partial charge is 0.427 e. The highest BCUT2D eigenvalue weighted by Crippen LogP contribution is 2.39. The Hall–Kier alpha value is -3.17. The first-order chi connectivity index (χ1) is 14.5. The van der Waals surface area contributed by atoms with Gasteiger partial charge in [-0.05, 0) is 75.4 Å². The van der Waals surface area contributed by atoms with E-state index in [0.717, 1.165) is 52.5 Å². The van der Waals surface area contributed by atoms with Gasteiger partial charge >= 0.3 is 5.97 Å². The lowest BCUT2D eigenvalue weighted by Gasteiger charge is -2.10. The van der Waals surface area contributed by atoms with Crippen molar-refractivity contribution in [1.82, 2.24) is 4.57 Å². The van der Waals surface area contributed by atoms with Crippen molar-refractivity contribution in [2.75, 3.05) is 0 Å². The monoisotopic (exact) mass is 417 g/mol. The second-order valence-electron chi connectivity index (χ2n) is 7.51. The molecule has 4 rings (SSSR count). The second kappa shape index (κ2) is 8.29. The van der Waals surface area contributed by atoms with Crippen LogP contribution in [-0.2, 0) is 17.6 Å². The molecule has 30 heavy (non-hydrogen) atoms. The molecule has 0 unspecified atom stereocenters. The summed E-state index contributed by atoms with van der Waals surface area (Å²) >= 11 is 1.66. The number of carbonyl (C=O) groups excluding carboxylic acids is 1. The molecule has 6 heteroatoms. The molecule has 2 aromatic heterocycles. The number of ether oxygens (including phenoxy) is 1. The molecular formula is C24H23N3O2S. The van der Waals surface area contributed by atoms with Crippen LogP contribution in [0.1, 0.15) is 52.7 Å². The van der Waals surface area contributed by atoms with Gasteiger partial charge in [0.25, 0.3) is 0 Å². The molecule has 2 heterocycles. The Morgan fingerprint density at radius 2 is 1.97 bits per heavy atom. The second-order valence-corrected chi connectivity index (χ2v) is 8.59. The van der Waals surface area contributed by atoms with Gasteiger partial charge in [-0.25, -0.2) is 4.99 Å². The lowest BCUT2D eigenvalue weighted by molar-refractivity contribution is -0.131. The van der Waals surface area contributed by atoms with Crippen LogP contribution in [0.25, 0.3) is 5.69 Å². The molecule has 1 aromatic carbocycles. The van der Waals surface area contributed by atoms with E-state index in [9.17, 15) is 10.1 Å². The summed E-state index contributed by atoms with van der Waals surface area (Å²) in [5, 5.41) is 10.5. The fraction of sp³-hybridized carbons (Fsp3) is 0.292. The molecule has 3 aromatic rings. The highest BCUT2D eigenvalue weighted by atomic mass is 32.1. The van der Waals surface area contributed by atoms with Crippen LogP contribution >= 0.6 is 11.3 Å². The number of nitriles is 1. The van der Waals surface area contributed by atoms with Gasteiger partial charge in [-0.2, -0.15) is 5.26 Å². The van der Waals surface area contributed by atoms with E-state index in [1.165, 1.54) is 23.8 Å². The van der Waals surface area contributed by atoms with Gasteiger partial charge in [-0.15, -0.1) is 11.3 Å². The Morgan fingerprint density at radius 3 is 2.67 bits per heavy atom. The highest BCUT2D eigenvalue weighted by Gasteiger charge is 2.20. The topological polar surface area (TPSA) is 67.4 Å². The molecule has 0 N–H and O–H groups in total. The number of hydrogen-bond acceptors (Lipinski definition) is 5. The molecule has 0 fully saturated rings. The van der Waals surface area contributed by atoms with E-state index in [2.05, 4.69) is 30.6 Å². The summed E-state index contributed by atoms with van der Waals surface area (Å²) in [6.45, 7) is 5.50. The third-order valence-corrected chi connectivity index (χ3v) is 6.61. The molecule has 0 radical (unpaired) electrons. The van der Waals surface area contributed by atoms with Crippen LogP contribution in [0.4, 0.5) is 5.00 Å². The minimum atomic E-state index is -0.332. The molecule has 0 atom stereocenters. The zero-order valence-corrected chi connectivity index (χ0v) is 18.2. The Kier molecular flexibility index (Phi) is 5.56. The van der Waals surface area contributed by atoms with Gasteiger partial charge in [-0.3, -0.25) is 4.79 Å². The summed E-state index contributed by atoms with van der Waals surface area (Å²) < 4.78 is 7.26. The number of hydrogen-bond donors (Lipinski definition) is 0. The summed E-state index contributed by atoms with van der Waals surface area (Å²) in [6.07, 6.45) is 6.26. The van der Waals surface area contributed by atoms with Gasteiger partial charge in [0.15, 0.2) is 0 Å². The van der Waals surface area contributed by atoms with Crippen LogP contribution in [0.2, 0.25) is 0 Å². The van der Waals surface area contributed by atoms with Crippen molar-refractivity contribution in [2.45, 2.75) is 46.5 Å². The lowest BCUT2D eigenvalue weighted by Crippen LogP contribution is -2.02. The van der Waals surface area contributed by atoms with Gasteiger partial charge in [0, 0.05) is 40.7 Å². The molecule has 1 aliphatic carbocycles. The van der Waals surface area contributed by atoms with E-state index in [-0.39, 0.29) is 5.97 Å². The Balaban J connectivity index is 1.64. The minimum absolute atomic E-state index is 0.332. The number of esters is 1. The average molecular weight is 418 g/mol. The number of rotatable bonds is 4. The van der Waals surface area contributed by atoms with Crippen molar-refractivity contribution < 1.29 is 9.53 Å². The van der Waals surface area contributed by atoms with Gasteiger partial charge in [0.05, 0.1) is 5.56 Å². The summed E-state index contributed by atoms with van der Waals surface area (Å²) in [7, 11) is 0. The van der Waals surface area contributed by atoms with Crippen molar-refractivity contribution in [3.05, 3.63) is 63.3 Å². The van der Waals surface area contributed by atoms with E-state index < -0.39 is 0 Å². The van der Waals surface area contributed by atoms with Crippen LogP contribution in [0, 0.1) is 25.2 Å². The third kappa shape index (κ3) is 3.81. The van der Waals surface area contributed by atoms with Crippen molar-refractivity contribution >= 4 is 28.5 Å². The highest BCUT2D eigenvalue weighted by molar-refractivity contribution is 7.16. The number of aliphatic imine (C=N–C) groups is 1. The van der Waals surface area contributed by atoms with Gasteiger partial charge < -0.3 is 9.30 Å². The number of aromatic nitrogens is 1. The fourth-order valence-corrected chi connectivity index (χ4v) is 5.21. The summed E-state index contributed by atoms with van der Waals surface area (Å²) in [5.74, 6) is 0.197. The first-order valence-electron chi connectivity index (χ1n) is 10.0. The zero-order chi connectivity index (χ0) is 21.3. The van der Waals surface area contributed by atoms with E-state index in [1.807, 2.05) is 18.3 Å². The predicted molar refractivity (Wildman–Crippen MR) is 119 cm³/mol. The number of thiophene rings is 1. The van der Waals surface area contributed by atoms with Crippen molar-refractivity contribution in [2.24, 2.45) is 4.99 Å². The first kappa shape index (κ1) is 20.1. The molecule has 0 amide bonds. The molecule has 0 saturated heterocycles. The molecule has 5 nitrogen and oxygen atoms in total. The molecule has 0 saturated carbocycles. The minimum Gasteiger partial charge on any atom is -0.427 e. The van der Waals surface area contributed by atoms with E-state index in [0.29, 0.717) is 5.75 Å². The number of nitrogens with zero attached hydrogens (tertiary/aromatic N) is 3. The predicted octanol–water partition coefficient (Wildman–Crippen LogP) is 5.58. The smallest absolute Gasteiger partial charge is 0.308 e. The maximum atomic E-state index is 11.1. The Morgan fingerprint density at radius 1 is 1.23 bits per heavy atom. The van der Waals surface area contributed by atoms with Crippen LogP contribution in [0.3, 0.4) is 0 Å². The number of aryl methyl sites for hydroxylation is 2. The SMILES string of the molecule is CC(=O)Oc1ccc(-n2c(C)cc(C=Nc3sc4c(c3C#N)CCCC4)c2C)cc1. The van der Waals surface area contributed by atoms with Crippen LogP contribution in [-0.4, -0.2) is 16.8 Å². The Bertz CT molecular complexity index is 1180. The third-order valence-electron chi connectivity index (χ3n) is 5.41. The van der Waals surface area contributed by atoms with Crippen molar-refractivity contribution in [1.29, 1.82) is 5.26 Å². The van der Waals surface area contributed by atoms with Crippen molar-refractivity contribution in [3.63, 3.8) is 0 Å².